The summed E-state index contributed by atoms with van der Waals surface area (Å²) in [7, 11) is 0. The van der Waals surface area contributed by atoms with Crippen LogP contribution in [-0.4, -0.2) is 87.3 Å². The van der Waals surface area contributed by atoms with E-state index in [-0.39, 0.29) is 0 Å². The minimum Gasteiger partial charge on any atom is -0.394 e. The van der Waals surface area contributed by atoms with Crippen LogP contribution in [0.3, 0.4) is 0 Å². The summed E-state index contributed by atoms with van der Waals surface area (Å²) in [5.74, 6) is 0. The Hall–Kier alpha value is -0.320. The van der Waals surface area contributed by atoms with Gasteiger partial charge in [-0.15, -0.1) is 0 Å². The molecule has 0 aliphatic carbocycles. The van der Waals surface area contributed by atoms with Crippen LogP contribution < -0.4 is 0 Å². The maximum Gasteiger partial charge on any atom is 0.187 e. The second-order valence-corrected chi connectivity index (χ2v) is 3.82. The number of aliphatic hydroxyl groups excluding tert-OH is 6. The fourth-order valence-electron chi connectivity index (χ4n) is 1.51. The van der Waals surface area contributed by atoms with Gasteiger partial charge in [-0.05, 0) is 0 Å². The van der Waals surface area contributed by atoms with Crippen molar-refractivity contribution in [3.8, 4) is 0 Å². The summed E-state index contributed by atoms with van der Waals surface area (Å²) in [6.45, 7) is -1.55. The van der Waals surface area contributed by atoms with E-state index in [4.69, 9.17) is 24.8 Å². The molecule has 5 atom stereocenters. The van der Waals surface area contributed by atoms with Crippen LogP contribution in [0.15, 0.2) is 0 Å². The largest absolute Gasteiger partial charge is 0.394 e. The predicted molar refractivity (Wildman–Crippen MR) is 52.8 cm³/mol. The first-order valence-electron chi connectivity index (χ1n) is 5.22. The normalized spacial score (nSPS) is 38.6. The highest BCUT2D eigenvalue weighted by atomic mass is 16.7. The molecule has 0 radical (unpaired) electrons. The minimum atomic E-state index is -1.54. The van der Waals surface area contributed by atoms with Crippen molar-refractivity contribution in [2.75, 3.05) is 19.8 Å². The van der Waals surface area contributed by atoms with Crippen molar-refractivity contribution in [1.29, 1.82) is 0 Å². The van der Waals surface area contributed by atoms with Crippen molar-refractivity contribution < 1.29 is 40.1 Å². The zero-order valence-electron chi connectivity index (χ0n) is 9.09. The van der Waals surface area contributed by atoms with E-state index in [0.29, 0.717) is 0 Å². The van der Waals surface area contributed by atoms with E-state index in [1.54, 1.807) is 0 Å². The Kier molecular flexibility index (Phi) is 5.70. The molecule has 0 spiro atoms. The minimum absolute atomic E-state index is 0.495. The first-order valence-corrected chi connectivity index (χ1v) is 5.22. The van der Waals surface area contributed by atoms with Gasteiger partial charge >= 0.3 is 0 Å². The number of hydrogen-bond acceptors (Lipinski definition) is 8. The molecule has 1 saturated heterocycles. The van der Waals surface area contributed by atoms with Crippen LogP contribution in [0.2, 0.25) is 0 Å². The van der Waals surface area contributed by atoms with Crippen molar-refractivity contribution in [2.24, 2.45) is 0 Å². The maximum absolute atomic E-state index is 9.56. The van der Waals surface area contributed by atoms with Crippen LogP contribution in [-0.2, 0) is 9.47 Å². The van der Waals surface area contributed by atoms with Crippen molar-refractivity contribution in [3.05, 3.63) is 0 Å². The van der Waals surface area contributed by atoms with Gasteiger partial charge in [-0.1, -0.05) is 0 Å². The molecule has 0 aromatic carbocycles. The van der Waals surface area contributed by atoms with E-state index in [9.17, 15) is 15.3 Å². The number of hydrogen-bond donors (Lipinski definition) is 6. The predicted octanol–water partition coefficient (Wildman–Crippen LogP) is -3.84. The van der Waals surface area contributed by atoms with Gasteiger partial charge in [0.2, 0.25) is 0 Å². The van der Waals surface area contributed by atoms with Gasteiger partial charge in [0.05, 0.1) is 19.8 Å². The highest BCUT2D eigenvalue weighted by Gasteiger charge is 2.44. The second-order valence-electron chi connectivity index (χ2n) is 3.82. The first-order chi connectivity index (χ1) is 8.04. The van der Waals surface area contributed by atoms with Crippen LogP contribution in [0.4, 0.5) is 0 Å². The lowest BCUT2D eigenvalue weighted by atomic mass is 9.99. The summed E-state index contributed by atoms with van der Waals surface area (Å²) in [5, 5.41) is 55.0. The van der Waals surface area contributed by atoms with Gasteiger partial charge in [-0.2, -0.15) is 0 Å². The lowest BCUT2D eigenvalue weighted by molar-refractivity contribution is -0.315. The molecular weight excluding hydrogens is 236 g/mol. The second kappa shape index (κ2) is 6.57. The molecule has 1 heterocycles. The standard InChI is InChI=1S/C9H18O8/c10-1-4(2-11)16-9-8(15)7(14)6(13)5(3-12)17-9/h4-15H,1-3H2/t5?,6?,7?,8?,9-/m1/s1. The lowest BCUT2D eigenvalue weighted by Gasteiger charge is -2.40. The third-order valence-corrected chi connectivity index (χ3v) is 2.58. The molecule has 0 aromatic heterocycles. The third kappa shape index (κ3) is 3.33. The molecule has 17 heavy (non-hydrogen) atoms. The molecule has 8 heteroatoms. The fraction of sp³-hybridized carbons (Fsp3) is 1.00. The van der Waals surface area contributed by atoms with Gasteiger partial charge in [0.1, 0.15) is 30.5 Å². The molecule has 1 aliphatic rings. The average molecular weight is 254 g/mol. The molecule has 4 unspecified atom stereocenters. The summed E-state index contributed by atoms with van der Waals surface area (Å²) in [5.41, 5.74) is 0. The smallest absolute Gasteiger partial charge is 0.187 e. The summed E-state index contributed by atoms with van der Waals surface area (Å²) in [6, 6.07) is 0. The molecule has 6 N–H and O–H groups in total. The van der Waals surface area contributed by atoms with E-state index >= 15 is 0 Å². The zero-order chi connectivity index (χ0) is 13.0. The molecule has 8 nitrogen and oxygen atoms in total. The molecule has 102 valence electrons. The van der Waals surface area contributed by atoms with Crippen LogP contribution in [0.25, 0.3) is 0 Å². The van der Waals surface area contributed by atoms with Gasteiger partial charge in [-0.25, -0.2) is 0 Å². The van der Waals surface area contributed by atoms with Crippen LogP contribution in [0.5, 0.6) is 0 Å². The van der Waals surface area contributed by atoms with Gasteiger partial charge in [-0.3, -0.25) is 0 Å². The van der Waals surface area contributed by atoms with Gasteiger partial charge in [0.25, 0.3) is 0 Å². The quantitative estimate of drug-likeness (QED) is 0.293. The Morgan fingerprint density at radius 1 is 0.941 bits per heavy atom. The molecule has 0 aromatic rings. The number of aliphatic hydroxyl groups is 6. The van der Waals surface area contributed by atoms with Crippen molar-refractivity contribution in [1.82, 2.24) is 0 Å². The van der Waals surface area contributed by atoms with Gasteiger partial charge in [0, 0.05) is 0 Å². The van der Waals surface area contributed by atoms with E-state index in [1.165, 1.54) is 0 Å². The molecule has 1 fully saturated rings. The van der Waals surface area contributed by atoms with E-state index in [2.05, 4.69) is 0 Å². The zero-order valence-corrected chi connectivity index (χ0v) is 9.09. The van der Waals surface area contributed by atoms with Crippen LogP contribution >= 0.6 is 0 Å². The molecule has 0 bridgehead atoms. The Balaban J connectivity index is 2.65. The Bertz CT molecular complexity index is 217. The van der Waals surface area contributed by atoms with Gasteiger partial charge < -0.3 is 40.1 Å². The summed E-state index contributed by atoms with van der Waals surface area (Å²) >= 11 is 0. The topological polar surface area (TPSA) is 140 Å². The monoisotopic (exact) mass is 254 g/mol. The molecule has 0 saturated carbocycles. The highest BCUT2D eigenvalue weighted by Crippen LogP contribution is 2.22. The van der Waals surface area contributed by atoms with E-state index in [1.807, 2.05) is 0 Å². The molecule has 1 rings (SSSR count). The summed E-state index contributed by atoms with van der Waals surface area (Å²) < 4.78 is 10.0. The van der Waals surface area contributed by atoms with Crippen molar-refractivity contribution in [3.63, 3.8) is 0 Å². The Labute approximate surface area is 97.6 Å². The molecule has 1 aliphatic heterocycles. The average Bonchev–Trinajstić information content (AvgIpc) is 2.35. The Morgan fingerprint density at radius 3 is 2.00 bits per heavy atom. The van der Waals surface area contributed by atoms with Crippen LogP contribution in [0, 0.1) is 0 Å². The number of ether oxygens (including phenoxy) is 2. The lowest BCUT2D eigenvalue weighted by Crippen LogP contribution is -2.60. The van der Waals surface area contributed by atoms with E-state index in [0.717, 1.165) is 0 Å². The first kappa shape index (κ1) is 14.7. The van der Waals surface area contributed by atoms with E-state index < -0.39 is 56.6 Å². The van der Waals surface area contributed by atoms with Crippen molar-refractivity contribution >= 4 is 0 Å². The molecule has 0 amide bonds. The third-order valence-electron chi connectivity index (χ3n) is 2.58. The molecular formula is C9H18O8. The maximum atomic E-state index is 9.56. The Morgan fingerprint density at radius 2 is 1.53 bits per heavy atom. The van der Waals surface area contributed by atoms with Crippen LogP contribution in [0.1, 0.15) is 0 Å². The summed E-state index contributed by atoms with van der Waals surface area (Å²) in [4.78, 5) is 0. The van der Waals surface area contributed by atoms with Gasteiger partial charge in [0.15, 0.2) is 6.29 Å². The van der Waals surface area contributed by atoms with Crippen molar-refractivity contribution in [2.45, 2.75) is 36.8 Å². The highest BCUT2D eigenvalue weighted by molar-refractivity contribution is 4.89. The number of rotatable bonds is 5. The fourth-order valence-corrected chi connectivity index (χ4v) is 1.51. The summed E-state index contributed by atoms with van der Waals surface area (Å²) in [6.07, 6.45) is -7.92. The SMILES string of the molecule is OCC(CO)O[C@@H]1OC(CO)C(O)C(O)C1O.